The Morgan fingerprint density at radius 1 is 0.964 bits per heavy atom. The summed E-state index contributed by atoms with van der Waals surface area (Å²) in [6.45, 7) is 6.70. The van der Waals surface area contributed by atoms with Gasteiger partial charge in [-0.3, -0.25) is 0 Å². The maximum absolute atomic E-state index is 12.0. The predicted molar refractivity (Wildman–Crippen MR) is 111 cm³/mol. The minimum absolute atomic E-state index is 0.266. The average Bonchev–Trinajstić information content (AvgIpc) is 2.70. The van der Waals surface area contributed by atoms with E-state index in [9.17, 15) is 4.79 Å². The van der Waals surface area contributed by atoms with Gasteiger partial charge in [-0.1, -0.05) is 42.0 Å². The van der Waals surface area contributed by atoms with Crippen molar-refractivity contribution in [2.45, 2.75) is 20.8 Å². The molecule has 2 amide bonds. The molecule has 6 heteroatoms. The summed E-state index contributed by atoms with van der Waals surface area (Å²) < 4.78 is 5.54. The molecular formula is C22H24N4O2. The second-order valence-electron chi connectivity index (χ2n) is 6.60. The SMILES string of the molecule is Cc1ccc(-c2ccc(OCCNC(=O)Nc3cccc(C)c3C)nn2)cc1. The molecule has 0 aliphatic heterocycles. The zero-order chi connectivity index (χ0) is 19.9. The smallest absolute Gasteiger partial charge is 0.319 e. The van der Waals surface area contributed by atoms with Gasteiger partial charge in [0.2, 0.25) is 5.88 Å². The van der Waals surface area contributed by atoms with Crippen molar-refractivity contribution >= 4 is 11.7 Å². The van der Waals surface area contributed by atoms with Crippen molar-refractivity contribution in [2.24, 2.45) is 0 Å². The third kappa shape index (κ3) is 5.07. The fourth-order valence-electron chi connectivity index (χ4n) is 2.65. The molecule has 0 bridgehead atoms. The molecule has 0 aliphatic rings. The number of amides is 2. The summed E-state index contributed by atoms with van der Waals surface area (Å²) in [5.41, 5.74) is 5.99. The number of hydrogen-bond donors (Lipinski definition) is 2. The molecule has 0 saturated heterocycles. The first kappa shape index (κ1) is 19.4. The standard InChI is InChI=1S/C22H24N4O2/c1-15-7-9-18(10-8-15)20-11-12-21(26-25-20)28-14-13-23-22(27)24-19-6-4-5-16(2)17(19)3/h4-12H,13-14H2,1-3H3,(H2,23,24,27). The zero-order valence-electron chi connectivity index (χ0n) is 16.3. The number of anilines is 1. The van der Waals surface area contributed by atoms with E-state index in [-0.39, 0.29) is 6.03 Å². The first-order valence-electron chi connectivity index (χ1n) is 9.17. The van der Waals surface area contributed by atoms with Crippen molar-refractivity contribution in [3.63, 3.8) is 0 Å². The Bertz CT molecular complexity index is 938. The monoisotopic (exact) mass is 376 g/mol. The maximum Gasteiger partial charge on any atom is 0.319 e. The van der Waals surface area contributed by atoms with E-state index < -0.39 is 0 Å². The highest BCUT2D eigenvalue weighted by Crippen LogP contribution is 2.19. The summed E-state index contributed by atoms with van der Waals surface area (Å²) >= 11 is 0. The van der Waals surface area contributed by atoms with Crippen LogP contribution in [0.2, 0.25) is 0 Å². The van der Waals surface area contributed by atoms with Gasteiger partial charge in [-0.2, -0.15) is 0 Å². The Labute approximate surface area is 165 Å². The van der Waals surface area contributed by atoms with Crippen molar-refractivity contribution in [1.29, 1.82) is 0 Å². The van der Waals surface area contributed by atoms with E-state index >= 15 is 0 Å². The molecule has 0 fully saturated rings. The van der Waals surface area contributed by atoms with Gasteiger partial charge in [-0.25, -0.2) is 4.79 Å². The van der Waals surface area contributed by atoms with Gasteiger partial charge in [0.1, 0.15) is 6.61 Å². The average molecular weight is 376 g/mol. The number of carbonyl (C=O) groups is 1. The van der Waals surface area contributed by atoms with E-state index in [0.29, 0.717) is 19.0 Å². The summed E-state index contributed by atoms with van der Waals surface area (Å²) in [5, 5.41) is 13.9. The number of ether oxygens (including phenoxy) is 1. The number of carbonyl (C=O) groups excluding carboxylic acids is 1. The Kier molecular flexibility index (Phi) is 6.22. The van der Waals surface area contributed by atoms with Crippen molar-refractivity contribution in [2.75, 3.05) is 18.5 Å². The molecule has 1 aromatic heterocycles. The molecule has 6 nitrogen and oxygen atoms in total. The van der Waals surface area contributed by atoms with Gasteiger partial charge < -0.3 is 15.4 Å². The van der Waals surface area contributed by atoms with E-state index in [2.05, 4.69) is 20.8 Å². The number of aromatic nitrogens is 2. The molecule has 0 aliphatic carbocycles. The number of aryl methyl sites for hydroxylation is 2. The van der Waals surface area contributed by atoms with E-state index in [0.717, 1.165) is 28.1 Å². The minimum Gasteiger partial charge on any atom is -0.475 e. The number of rotatable bonds is 6. The Hall–Kier alpha value is -3.41. The lowest BCUT2D eigenvalue weighted by Gasteiger charge is -2.11. The third-order valence-electron chi connectivity index (χ3n) is 4.48. The lowest BCUT2D eigenvalue weighted by molar-refractivity contribution is 0.246. The number of hydrogen-bond acceptors (Lipinski definition) is 4. The van der Waals surface area contributed by atoms with Gasteiger partial charge in [0.05, 0.1) is 12.2 Å². The number of benzene rings is 2. The van der Waals surface area contributed by atoms with Crippen molar-refractivity contribution in [1.82, 2.24) is 15.5 Å². The highest BCUT2D eigenvalue weighted by atomic mass is 16.5. The third-order valence-corrected chi connectivity index (χ3v) is 4.48. The quantitative estimate of drug-likeness (QED) is 0.630. The molecule has 3 rings (SSSR count). The van der Waals surface area contributed by atoms with Gasteiger partial charge in [0.25, 0.3) is 0 Å². The lowest BCUT2D eigenvalue weighted by Crippen LogP contribution is -2.32. The first-order valence-corrected chi connectivity index (χ1v) is 9.17. The van der Waals surface area contributed by atoms with Crippen LogP contribution in [0, 0.1) is 20.8 Å². The van der Waals surface area contributed by atoms with Crippen LogP contribution >= 0.6 is 0 Å². The van der Waals surface area contributed by atoms with Crippen LogP contribution in [0.15, 0.2) is 54.6 Å². The maximum atomic E-state index is 12.0. The molecule has 0 spiro atoms. The van der Waals surface area contributed by atoms with E-state index in [1.54, 1.807) is 6.07 Å². The fourth-order valence-corrected chi connectivity index (χ4v) is 2.65. The summed E-state index contributed by atoms with van der Waals surface area (Å²) in [6, 6.07) is 17.3. The van der Waals surface area contributed by atoms with E-state index in [1.165, 1.54) is 5.56 Å². The molecule has 0 saturated carbocycles. The molecule has 28 heavy (non-hydrogen) atoms. The highest BCUT2D eigenvalue weighted by Gasteiger charge is 2.06. The molecule has 0 radical (unpaired) electrons. The molecule has 144 valence electrons. The van der Waals surface area contributed by atoms with Crippen LogP contribution in [0.4, 0.5) is 10.5 Å². The summed E-state index contributed by atoms with van der Waals surface area (Å²) in [6.07, 6.45) is 0. The molecule has 0 unspecified atom stereocenters. The van der Waals surface area contributed by atoms with Gasteiger partial charge >= 0.3 is 6.03 Å². The first-order chi connectivity index (χ1) is 13.5. The summed E-state index contributed by atoms with van der Waals surface area (Å²) in [4.78, 5) is 12.0. The molecule has 1 heterocycles. The predicted octanol–water partition coefficient (Wildman–Crippen LogP) is 4.27. The van der Waals surface area contributed by atoms with E-state index in [1.807, 2.05) is 69.3 Å². The minimum atomic E-state index is -0.266. The summed E-state index contributed by atoms with van der Waals surface area (Å²) in [5.74, 6) is 0.424. The largest absolute Gasteiger partial charge is 0.475 e. The van der Waals surface area contributed by atoms with Crippen molar-refractivity contribution in [3.05, 3.63) is 71.3 Å². The normalized spacial score (nSPS) is 10.4. The highest BCUT2D eigenvalue weighted by molar-refractivity contribution is 5.90. The Morgan fingerprint density at radius 2 is 1.75 bits per heavy atom. The van der Waals surface area contributed by atoms with Crippen LogP contribution in [-0.4, -0.2) is 29.4 Å². The topological polar surface area (TPSA) is 76.1 Å². The molecule has 2 N–H and O–H groups in total. The number of nitrogens with one attached hydrogen (secondary N) is 2. The Morgan fingerprint density at radius 3 is 2.46 bits per heavy atom. The van der Waals surface area contributed by atoms with E-state index in [4.69, 9.17) is 4.74 Å². The van der Waals surface area contributed by atoms with Crippen LogP contribution < -0.4 is 15.4 Å². The second kappa shape index (κ2) is 8.99. The van der Waals surface area contributed by atoms with Gasteiger partial charge in [0, 0.05) is 17.3 Å². The second-order valence-corrected chi connectivity index (χ2v) is 6.60. The van der Waals surface area contributed by atoms with Gasteiger partial charge in [0.15, 0.2) is 0 Å². The summed E-state index contributed by atoms with van der Waals surface area (Å²) in [7, 11) is 0. The van der Waals surface area contributed by atoms with Crippen LogP contribution in [0.1, 0.15) is 16.7 Å². The van der Waals surface area contributed by atoms with Gasteiger partial charge in [-0.15, -0.1) is 10.2 Å². The van der Waals surface area contributed by atoms with Crippen molar-refractivity contribution in [3.8, 4) is 17.1 Å². The molecular weight excluding hydrogens is 352 g/mol. The molecule has 0 atom stereocenters. The lowest BCUT2D eigenvalue weighted by atomic mass is 10.1. The van der Waals surface area contributed by atoms with Crippen LogP contribution in [-0.2, 0) is 0 Å². The number of urea groups is 1. The Balaban J connectivity index is 1.44. The van der Waals surface area contributed by atoms with Gasteiger partial charge in [-0.05, 0) is 44.0 Å². The molecule has 2 aromatic carbocycles. The number of nitrogens with zero attached hydrogens (tertiary/aromatic N) is 2. The fraction of sp³-hybridized carbons (Fsp3) is 0.227. The van der Waals surface area contributed by atoms with Crippen LogP contribution in [0.3, 0.4) is 0 Å². The zero-order valence-corrected chi connectivity index (χ0v) is 16.3. The van der Waals surface area contributed by atoms with Crippen LogP contribution in [0.25, 0.3) is 11.3 Å². The van der Waals surface area contributed by atoms with Crippen molar-refractivity contribution < 1.29 is 9.53 Å². The molecule has 3 aromatic rings. The van der Waals surface area contributed by atoms with Crippen LogP contribution in [0.5, 0.6) is 5.88 Å².